The summed E-state index contributed by atoms with van der Waals surface area (Å²) >= 11 is 0. The van der Waals surface area contributed by atoms with Gasteiger partial charge in [0.1, 0.15) is 29.6 Å². The van der Waals surface area contributed by atoms with Crippen LogP contribution in [-0.4, -0.2) is 24.7 Å². The summed E-state index contributed by atoms with van der Waals surface area (Å²) in [7, 11) is 1.11. The van der Waals surface area contributed by atoms with Crippen LogP contribution in [0.5, 0.6) is 23.0 Å². The lowest BCUT2D eigenvalue weighted by molar-refractivity contribution is 0.304. The van der Waals surface area contributed by atoms with Gasteiger partial charge >= 0.3 is 5.69 Å². The zero-order chi connectivity index (χ0) is 28.4. The second-order valence-corrected chi connectivity index (χ2v) is 11.6. The third-order valence-corrected chi connectivity index (χ3v) is 8.47. The third kappa shape index (κ3) is 5.46. The monoisotopic (exact) mass is 558 g/mol. The van der Waals surface area contributed by atoms with Crippen molar-refractivity contribution in [2.24, 2.45) is 14.1 Å². The molecule has 0 saturated heterocycles. The van der Waals surface area contributed by atoms with Gasteiger partial charge in [-0.05, 0) is 54.4 Å². The average Bonchev–Trinajstić information content (AvgIpc) is 3.15. The Morgan fingerprint density at radius 3 is 2.17 bits per heavy atom. The predicted molar refractivity (Wildman–Crippen MR) is 154 cm³/mol. The van der Waals surface area contributed by atoms with Crippen LogP contribution in [0.2, 0.25) is 0 Å². The zero-order valence-corrected chi connectivity index (χ0v) is 23.6. The number of imidazole rings is 1. The van der Waals surface area contributed by atoms with Gasteiger partial charge in [0.05, 0.1) is 28.8 Å². The highest BCUT2D eigenvalue weighted by Crippen LogP contribution is 2.34. The number of hydrogen-bond acceptors (Lipinski definition) is 6. The molecule has 0 unspecified atom stereocenters. The van der Waals surface area contributed by atoms with Gasteiger partial charge < -0.3 is 14.2 Å². The van der Waals surface area contributed by atoms with E-state index in [0.717, 1.165) is 5.56 Å². The van der Waals surface area contributed by atoms with Crippen molar-refractivity contribution in [2.75, 3.05) is 7.11 Å². The van der Waals surface area contributed by atoms with Gasteiger partial charge in [-0.25, -0.2) is 13.2 Å². The minimum absolute atomic E-state index is 0.176. The Balaban J connectivity index is 1.51. The van der Waals surface area contributed by atoms with E-state index in [2.05, 4.69) is 0 Å². The molecule has 5 rings (SSSR count). The second kappa shape index (κ2) is 10.9. The van der Waals surface area contributed by atoms with Crippen LogP contribution in [0.4, 0.5) is 0 Å². The Bertz CT molecular complexity index is 1860. The molecule has 0 saturated carbocycles. The molecule has 0 fully saturated rings. The number of aryl methyl sites for hydroxylation is 3. The van der Waals surface area contributed by atoms with Gasteiger partial charge in [-0.1, -0.05) is 36.4 Å². The molecule has 40 heavy (non-hydrogen) atoms. The Kier molecular flexibility index (Phi) is 7.40. The van der Waals surface area contributed by atoms with Gasteiger partial charge in [-0.2, -0.15) is 0 Å². The molecule has 0 spiro atoms. The molecule has 5 aromatic rings. The van der Waals surface area contributed by atoms with E-state index in [4.69, 9.17) is 14.2 Å². The van der Waals surface area contributed by atoms with Crippen molar-refractivity contribution < 1.29 is 22.6 Å². The van der Waals surface area contributed by atoms with Crippen molar-refractivity contribution in [1.29, 1.82) is 0 Å². The molecule has 0 bridgehead atoms. The Morgan fingerprint density at radius 1 is 0.775 bits per heavy atom. The normalized spacial score (nSPS) is 11.5. The van der Waals surface area contributed by atoms with Gasteiger partial charge in [0.25, 0.3) is 0 Å². The summed E-state index contributed by atoms with van der Waals surface area (Å²) in [5, 5.41) is 0. The third-order valence-electron chi connectivity index (χ3n) is 6.81. The Morgan fingerprint density at radius 2 is 1.48 bits per heavy atom. The predicted octanol–water partition coefficient (Wildman–Crippen LogP) is 5.54. The van der Waals surface area contributed by atoms with Crippen LogP contribution < -0.4 is 19.9 Å². The topological polar surface area (TPSA) is 88.8 Å². The maximum Gasteiger partial charge on any atom is 0.328 e. The Hall–Kier alpha value is -4.50. The molecule has 1 heterocycles. The zero-order valence-electron chi connectivity index (χ0n) is 22.7. The van der Waals surface area contributed by atoms with Crippen molar-refractivity contribution >= 4 is 20.9 Å². The lowest BCUT2D eigenvalue weighted by Crippen LogP contribution is -2.19. The summed E-state index contributed by atoms with van der Waals surface area (Å²) < 4.78 is 47.6. The van der Waals surface area contributed by atoms with E-state index in [9.17, 15) is 13.2 Å². The van der Waals surface area contributed by atoms with Crippen molar-refractivity contribution in [1.82, 2.24) is 9.13 Å². The van der Waals surface area contributed by atoms with E-state index >= 15 is 0 Å². The summed E-state index contributed by atoms with van der Waals surface area (Å²) in [6.45, 7) is 2.19. The number of fused-ring (bicyclic) bond motifs is 1. The molecule has 0 radical (unpaired) electrons. The van der Waals surface area contributed by atoms with Crippen LogP contribution in [-0.2, 0) is 36.3 Å². The molecule has 0 aliphatic carbocycles. The molecule has 0 aliphatic rings. The summed E-state index contributed by atoms with van der Waals surface area (Å²) in [5.41, 5.74) is 3.19. The van der Waals surface area contributed by atoms with Gasteiger partial charge in [-0.15, -0.1) is 0 Å². The smallest absolute Gasteiger partial charge is 0.328 e. The molecule has 0 atom stereocenters. The molecular weight excluding hydrogens is 528 g/mol. The molecule has 0 amide bonds. The van der Waals surface area contributed by atoms with Gasteiger partial charge in [-0.3, -0.25) is 9.13 Å². The molecule has 4 aromatic carbocycles. The fraction of sp³-hybridized carbons (Fsp3) is 0.194. The van der Waals surface area contributed by atoms with Crippen LogP contribution in [0.25, 0.3) is 11.0 Å². The quantitative estimate of drug-likeness (QED) is 0.236. The van der Waals surface area contributed by atoms with Gasteiger partial charge in [0.15, 0.2) is 9.84 Å². The number of rotatable bonds is 9. The fourth-order valence-corrected chi connectivity index (χ4v) is 6.04. The Labute approximate surface area is 232 Å². The second-order valence-electron chi connectivity index (χ2n) is 9.59. The van der Waals surface area contributed by atoms with Crippen LogP contribution >= 0.6 is 0 Å². The van der Waals surface area contributed by atoms with E-state index in [1.807, 2.05) is 42.5 Å². The van der Waals surface area contributed by atoms with E-state index in [0.29, 0.717) is 51.8 Å². The number of hydrogen-bond donors (Lipinski definition) is 0. The number of sulfone groups is 1. The molecule has 8 nitrogen and oxygen atoms in total. The first kappa shape index (κ1) is 27.1. The summed E-state index contributed by atoms with van der Waals surface area (Å²) in [4.78, 5) is 12.8. The van der Waals surface area contributed by atoms with Gasteiger partial charge in [0, 0.05) is 31.8 Å². The summed E-state index contributed by atoms with van der Waals surface area (Å²) in [6, 6.07) is 25.2. The molecule has 0 N–H and O–H groups in total. The molecule has 9 heteroatoms. The fourth-order valence-electron chi connectivity index (χ4n) is 4.60. The lowest BCUT2D eigenvalue weighted by atomic mass is 10.2. The van der Waals surface area contributed by atoms with E-state index in [1.165, 1.54) is 15.2 Å². The van der Waals surface area contributed by atoms with Crippen molar-refractivity contribution in [2.45, 2.75) is 24.2 Å². The van der Waals surface area contributed by atoms with Crippen molar-refractivity contribution in [3.8, 4) is 23.0 Å². The molecule has 1 aromatic heterocycles. The van der Waals surface area contributed by atoms with Crippen molar-refractivity contribution in [3.63, 3.8) is 0 Å². The van der Waals surface area contributed by atoms with Crippen molar-refractivity contribution in [3.05, 3.63) is 112 Å². The minimum atomic E-state index is -3.76. The van der Waals surface area contributed by atoms with Crippen LogP contribution in [0.1, 0.15) is 16.7 Å². The maximum absolute atomic E-state index is 13.5. The van der Waals surface area contributed by atoms with E-state index in [1.54, 1.807) is 64.5 Å². The largest absolute Gasteiger partial charge is 0.496 e. The molecule has 206 valence electrons. The molecule has 0 aliphatic heterocycles. The van der Waals surface area contributed by atoms with Crippen LogP contribution in [0.3, 0.4) is 0 Å². The first-order chi connectivity index (χ1) is 19.2. The number of ether oxygens (including phenoxy) is 3. The van der Waals surface area contributed by atoms with E-state index < -0.39 is 9.84 Å². The lowest BCUT2D eigenvalue weighted by Gasteiger charge is -2.15. The first-order valence-corrected chi connectivity index (χ1v) is 14.3. The van der Waals surface area contributed by atoms with Crippen LogP contribution in [0.15, 0.2) is 94.6 Å². The summed E-state index contributed by atoms with van der Waals surface area (Å²) in [5.74, 6) is 1.71. The maximum atomic E-state index is 13.5. The number of nitrogens with zero attached hydrogens (tertiary/aromatic N) is 2. The first-order valence-electron chi connectivity index (χ1n) is 12.7. The average molecular weight is 559 g/mol. The molecular formula is C31H30N2O6S. The SMILES string of the molecule is COc1ccc(S(=O)(=O)Cc2cc3c(cc2Oc2cccc(OCc4ccccc4)c2)n(C)c(=O)n3C)cc1C. The highest BCUT2D eigenvalue weighted by Gasteiger charge is 2.22. The highest BCUT2D eigenvalue weighted by atomic mass is 32.2. The summed E-state index contributed by atoms with van der Waals surface area (Å²) in [6.07, 6.45) is 0. The van der Waals surface area contributed by atoms with E-state index in [-0.39, 0.29) is 16.3 Å². The van der Waals surface area contributed by atoms with Crippen LogP contribution in [0, 0.1) is 6.92 Å². The number of benzene rings is 4. The number of aromatic nitrogens is 2. The standard InChI is InChI=1S/C31H30N2O6S/c1-21-15-26(13-14-29(21)37-4)40(35,36)20-23-16-27-28(33(3)31(34)32(27)2)18-30(23)39-25-12-8-11-24(17-25)38-19-22-9-6-5-7-10-22/h5-18H,19-20H2,1-4H3. The van der Waals surface area contributed by atoms with Gasteiger partial charge in [0.2, 0.25) is 0 Å². The number of methoxy groups -OCH3 is 1. The highest BCUT2D eigenvalue weighted by molar-refractivity contribution is 7.90. The minimum Gasteiger partial charge on any atom is -0.496 e.